The van der Waals surface area contributed by atoms with E-state index >= 15 is 0 Å². The van der Waals surface area contributed by atoms with Gasteiger partial charge in [-0.3, -0.25) is 14.8 Å². The number of nitrogens with zero attached hydrogens (tertiary/aromatic N) is 5. The number of pyridine rings is 2. The van der Waals surface area contributed by atoms with Crippen molar-refractivity contribution in [1.82, 2.24) is 29.9 Å². The van der Waals surface area contributed by atoms with Gasteiger partial charge in [-0.2, -0.15) is 10.2 Å². The monoisotopic (exact) mass is 388 g/mol. The first-order chi connectivity index (χ1) is 14.2. The maximum absolute atomic E-state index is 6.02. The van der Waals surface area contributed by atoms with E-state index in [-0.39, 0.29) is 0 Å². The summed E-state index contributed by atoms with van der Waals surface area (Å²) in [5.41, 5.74) is 10.4. The number of anilines is 1. The fraction of sp³-hybridized carbons (Fsp3) is 0.333. The number of aromatic amines is 1. The number of aryl methyl sites for hydroxylation is 1. The topological polar surface area (TPSA) is 110 Å². The third kappa shape index (κ3) is 3.58. The predicted octanol–water partition coefficient (Wildman–Crippen LogP) is 3.10. The standard InChI is InChI=1S/C21H24N8/c1-29-12-13(10-24-29)18-9-16-19(11-23-18)27-28-21(16)17-3-2-4-20(26-17)25-15-7-5-14(22)6-8-15/h2-4,9-12,14-15H,5-8,22H2,1H3,(H,25,26)(H,27,28). The average molecular weight is 388 g/mol. The van der Waals surface area contributed by atoms with E-state index in [0.29, 0.717) is 12.1 Å². The predicted molar refractivity (Wildman–Crippen MR) is 113 cm³/mol. The fourth-order valence-corrected chi connectivity index (χ4v) is 3.94. The summed E-state index contributed by atoms with van der Waals surface area (Å²) in [4.78, 5) is 9.35. The highest BCUT2D eigenvalue weighted by atomic mass is 15.2. The number of nitrogens with one attached hydrogen (secondary N) is 2. The highest BCUT2D eigenvalue weighted by Gasteiger charge is 2.19. The Morgan fingerprint density at radius 2 is 2.00 bits per heavy atom. The number of nitrogens with two attached hydrogens (primary N) is 1. The first-order valence-electron chi connectivity index (χ1n) is 9.98. The van der Waals surface area contributed by atoms with Crippen molar-refractivity contribution in [3.63, 3.8) is 0 Å². The fourth-order valence-electron chi connectivity index (χ4n) is 3.94. The molecule has 0 unspecified atom stereocenters. The summed E-state index contributed by atoms with van der Waals surface area (Å²) in [7, 11) is 1.90. The van der Waals surface area contributed by atoms with E-state index in [0.717, 1.165) is 65.0 Å². The molecule has 0 aromatic carbocycles. The molecule has 4 heterocycles. The Bertz CT molecular complexity index is 1140. The van der Waals surface area contributed by atoms with Gasteiger partial charge in [0.1, 0.15) is 11.5 Å². The van der Waals surface area contributed by atoms with Crippen LogP contribution in [0.2, 0.25) is 0 Å². The molecule has 4 aromatic heterocycles. The van der Waals surface area contributed by atoms with Crippen molar-refractivity contribution in [1.29, 1.82) is 0 Å². The number of hydrogen-bond donors (Lipinski definition) is 3. The van der Waals surface area contributed by atoms with E-state index in [1.807, 2.05) is 49.9 Å². The van der Waals surface area contributed by atoms with E-state index in [2.05, 4.69) is 25.6 Å². The van der Waals surface area contributed by atoms with Crippen LogP contribution in [0, 0.1) is 0 Å². The van der Waals surface area contributed by atoms with Gasteiger partial charge in [0, 0.05) is 36.3 Å². The SMILES string of the molecule is Cn1cc(-c2cc3c(-c4cccc(NC5CCC(N)CC5)n4)n[nH]c3cn2)cn1. The van der Waals surface area contributed by atoms with Crippen molar-refractivity contribution in [2.75, 3.05) is 5.32 Å². The van der Waals surface area contributed by atoms with Gasteiger partial charge in [-0.25, -0.2) is 4.98 Å². The molecule has 4 aromatic rings. The molecule has 8 nitrogen and oxygen atoms in total. The van der Waals surface area contributed by atoms with Crippen molar-refractivity contribution in [2.45, 2.75) is 37.8 Å². The maximum Gasteiger partial charge on any atom is 0.126 e. The van der Waals surface area contributed by atoms with Crippen LogP contribution in [0.3, 0.4) is 0 Å². The van der Waals surface area contributed by atoms with E-state index in [1.165, 1.54) is 0 Å². The normalized spacial score (nSPS) is 19.5. The zero-order chi connectivity index (χ0) is 19.8. The lowest BCUT2D eigenvalue weighted by atomic mass is 9.92. The van der Waals surface area contributed by atoms with Gasteiger partial charge in [0.05, 0.1) is 29.3 Å². The van der Waals surface area contributed by atoms with Crippen LogP contribution in [0.1, 0.15) is 25.7 Å². The van der Waals surface area contributed by atoms with Gasteiger partial charge in [-0.1, -0.05) is 6.07 Å². The Hall–Kier alpha value is -3.26. The number of fused-ring (bicyclic) bond motifs is 1. The third-order valence-corrected chi connectivity index (χ3v) is 5.56. The van der Waals surface area contributed by atoms with E-state index in [4.69, 9.17) is 10.7 Å². The Kier molecular flexibility index (Phi) is 4.48. The summed E-state index contributed by atoms with van der Waals surface area (Å²) >= 11 is 0. The zero-order valence-corrected chi connectivity index (χ0v) is 16.3. The van der Waals surface area contributed by atoms with Crippen molar-refractivity contribution >= 4 is 16.7 Å². The van der Waals surface area contributed by atoms with Gasteiger partial charge < -0.3 is 11.1 Å². The molecule has 0 amide bonds. The number of hydrogen-bond acceptors (Lipinski definition) is 6. The van der Waals surface area contributed by atoms with Crippen LogP contribution in [0.4, 0.5) is 5.82 Å². The zero-order valence-electron chi connectivity index (χ0n) is 16.3. The van der Waals surface area contributed by atoms with Crippen molar-refractivity contribution < 1.29 is 0 Å². The minimum Gasteiger partial charge on any atom is -0.367 e. The number of rotatable bonds is 4. The quantitative estimate of drug-likeness (QED) is 0.495. The Morgan fingerprint density at radius 1 is 1.14 bits per heavy atom. The number of aromatic nitrogens is 6. The Morgan fingerprint density at radius 3 is 2.79 bits per heavy atom. The molecular weight excluding hydrogens is 364 g/mol. The molecule has 148 valence electrons. The van der Waals surface area contributed by atoms with E-state index < -0.39 is 0 Å². The summed E-state index contributed by atoms with van der Waals surface area (Å²) in [6.07, 6.45) is 9.86. The van der Waals surface area contributed by atoms with Gasteiger partial charge in [-0.05, 0) is 43.9 Å². The van der Waals surface area contributed by atoms with Crippen LogP contribution in [0.25, 0.3) is 33.5 Å². The molecule has 0 bridgehead atoms. The second-order valence-corrected chi connectivity index (χ2v) is 7.75. The molecule has 1 fully saturated rings. The molecule has 1 aliphatic carbocycles. The highest BCUT2D eigenvalue weighted by molar-refractivity contribution is 5.93. The first kappa shape index (κ1) is 17.8. The molecule has 1 saturated carbocycles. The molecule has 0 aliphatic heterocycles. The summed E-state index contributed by atoms with van der Waals surface area (Å²) < 4.78 is 1.77. The van der Waals surface area contributed by atoms with Crippen molar-refractivity contribution in [3.05, 3.63) is 42.9 Å². The first-order valence-corrected chi connectivity index (χ1v) is 9.98. The van der Waals surface area contributed by atoms with Crippen LogP contribution >= 0.6 is 0 Å². The van der Waals surface area contributed by atoms with Crippen LogP contribution in [0.5, 0.6) is 0 Å². The van der Waals surface area contributed by atoms with E-state index in [1.54, 1.807) is 4.68 Å². The lowest BCUT2D eigenvalue weighted by molar-refractivity contribution is 0.410. The largest absolute Gasteiger partial charge is 0.367 e. The lowest BCUT2D eigenvalue weighted by Gasteiger charge is -2.27. The minimum absolute atomic E-state index is 0.338. The van der Waals surface area contributed by atoms with Gasteiger partial charge in [0.25, 0.3) is 0 Å². The summed E-state index contributed by atoms with van der Waals surface area (Å²) in [6, 6.07) is 8.82. The molecule has 0 saturated heterocycles. The second kappa shape index (κ2) is 7.29. The van der Waals surface area contributed by atoms with Crippen LogP contribution in [0.15, 0.2) is 42.9 Å². The molecule has 29 heavy (non-hydrogen) atoms. The van der Waals surface area contributed by atoms with Gasteiger partial charge in [0.15, 0.2) is 0 Å². The van der Waals surface area contributed by atoms with Crippen LogP contribution in [-0.2, 0) is 7.05 Å². The molecular formula is C21H24N8. The second-order valence-electron chi connectivity index (χ2n) is 7.75. The number of H-pyrrole nitrogens is 1. The summed E-state index contributed by atoms with van der Waals surface area (Å²) in [5.74, 6) is 0.876. The van der Waals surface area contributed by atoms with Crippen LogP contribution in [-0.4, -0.2) is 42.0 Å². The maximum atomic E-state index is 6.02. The van der Waals surface area contributed by atoms with Gasteiger partial charge >= 0.3 is 0 Å². The van der Waals surface area contributed by atoms with Crippen molar-refractivity contribution in [2.24, 2.45) is 12.8 Å². The minimum atomic E-state index is 0.338. The average Bonchev–Trinajstić information content (AvgIpc) is 3.36. The van der Waals surface area contributed by atoms with Gasteiger partial charge in [0.2, 0.25) is 0 Å². The van der Waals surface area contributed by atoms with E-state index in [9.17, 15) is 0 Å². The Balaban J connectivity index is 1.46. The smallest absolute Gasteiger partial charge is 0.126 e. The molecule has 0 radical (unpaired) electrons. The third-order valence-electron chi connectivity index (χ3n) is 5.56. The molecule has 4 N–H and O–H groups in total. The lowest BCUT2D eigenvalue weighted by Crippen LogP contribution is -2.33. The van der Waals surface area contributed by atoms with Crippen molar-refractivity contribution in [3.8, 4) is 22.6 Å². The summed E-state index contributed by atoms with van der Waals surface area (Å²) in [5, 5.41) is 16.4. The molecule has 1 aliphatic rings. The molecule has 0 spiro atoms. The molecule has 8 heteroatoms. The Labute approximate surface area is 168 Å². The summed E-state index contributed by atoms with van der Waals surface area (Å²) in [6.45, 7) is 0. The van der Waals surface area contributed by atoms with Gasteiger partial charge in [-0.15, -0.1) is 0 Å². The highest BCUT2D eigenvalue weighted by Crippen LogP contribution is 2.29. The molecule has 5 rings (SSSR count). The molecule has 0 atom stereocenters. The van der Waals surface area contributed by atoms with Crippen LogP contribution < -0.4 is 11.1 Å².